The molecule has 156 valence electrons. The van der Waals surface area contributed by atoms with Crippen LogP contribution in [0, 0.1) is 17.5 Å². The van der Waals surface area contributed by atoms with Gasteiger partial charge in [0.25, 0.3) is 5.91 Å². The van der Waals surface area contributed by atoms with Crippen LogP contribution in [-0.2, 0) is 6.54 Å². The van der Waals surface area contributed by atoms with Gasteiger partial charge in [0, 0.05) is 30.9 Å². The van der Waals surface area contributed by atoms with Crippen molar-refractivity contribution in [2.75, 3.05) is 0 Å². The summed E-state index contributed by atoms with van der Waals surface area (Å²) in [6, 6.07) is 9.33. The summed E-state index contributed by atoms with van der Waals surface area (Å²) in [5, 5.41) is 2.30. The van der Waals surface area contributed by atoms with E-state index in [4.69, 9.17) is 4.74 Å². The minimum Gasteiger partial charge on any atom is -0.439 e. The number of aromatic nitrogens is 1. The SMILES string of the molecule is O=C(NCc1ccc(Oc2ccc(F)cc2)nc1)c1c(F)cc(OC(F)F)cc1F. The van der Waals surface area contributed by atoms with Crippen molar-refractivity contribution in [2.45, 2.75) is 13.2 Å². The third-order valence-corrected chi connectivity index (χ3v) is 3.75. The zero-order valence-corrected chi connectivity index (χ0v) is 15.0. The highest BCUT2D eigenvalue weighted by Crippen LogP contribution is 2.23. The Morgan fingerprint density at radius 2 is 1.63 bits per heavy atom. The van der Waals surface area contributed by atoms with Crippen LogP contribution in [0.15, 0.2) is 54.7 Å². The molecule has 0 aliphatic heterocycles. The molecule has 0 bridgehead atoms. The number of alkyl halides is 2. The monoisotopic (exact) mass is 424 g/mol. The lowest BCUT2D eigenvalue weighted by Gasteiger charge is -2.10. The molecule has 0 atom stereocenters. The van der Waals surface area contributed by atoms with Gasteiger partial charge in [-0.25, -0.2) is 18.2 Å². The van der Waals surface area contributed by atoms with Crippen molar-refractivity contribution >= 4 is 5.91 Å². The Bertz CT molecular complexity index is 1000. The molecule has 0 saturated carbocycles. The standard InChI is InChI=1S/C20H13F5N2O3/c21-12-2-4-13(5-3-12)29-17-6-1-11(9-26-17)10-27-19(28)18-15(22)7-14(8-16(18)23)30-20(24)25/h1-9,20H,10H2,(H,27,28). The van der Waals surface area contributed by atoms with Gasteiger partial charge >= 0.3 is 6.61 Å². The van der Waals surface area contributed by atoms with E-state index in [0.717, 1.165) is 0 Å². The molecule has 1 N–H and O–H groups in total. The minimum absolute atomic E-state index is 0.114. The molecule has 0 spiro atoms. The molecule has 3 aromatic rings. The molecule has 3 rings (SSSR count). The van der Waals surface area contributed by atoms with Gasteiger partial charge in [-0.2, -0.15) is 8.78 Å². The van der Waals surface area contributed by atoms with Gasteiger partial charge in [0.05, 0.1) is 0 Å². The van der Waals surface area contributed by atoms with Crippen LogP contribution in [0.1, 0.15) is 15.9 Å². The van der Waals surface area contributed by atoms with Crippen molar-refractivity contribution in [1.82, 2.24) is 10.3 Å². The number of ether oxygens (including phenoxy) is 2. The first kappa shape index (κ1) is 21.0. The maximum atomic E-state index is 13.9. The lowest BCUT2D eigenvalue weighted by Crippen LogP contribution is -2.25. The normalized spacial score (nSPS) is 10.7. The number of halogens is 5. The highest BCUT2D eigenvalue weighted by Gasteiger charge is 2.20. The number of hydrogen-bond acceptors (Lipinski definition) is 4. The van der Waals surface area contributed by atoms with Crippen molar-refractivity contribution in [2.24, 2.45) is 0 Å². The number of pyridine rings is 1. The summed E-state index contributed by atoms with van der Waals surface area (Å²) in [6.07, 6.45) is 1.37. The zero-order valence-electron chi connectivity index (χ0n) is 15.0. The summed E-state index contributed by atoms with van der Waals surface area (Å²) in [7, 11) is 0. The van der Waals surface area contributed by atoms with Crippen molar-refractivity contribution in [1.29, 1.82) is 0 Å². The first-order valence-electron chi connectivity index (χ1n) is 8.42. The first-order valence-corrected chi connectivity index (χ1v) is 8.42. The summed E-state index contributed by atoms with van der Waals surface area (Å²) >= 11 is 0. The molecule has 0 unspecified atom stereocenters. The van der Waals surface area contributed by atoms with E-state index >= 15 is 0 Å². The van der Waals surface area contributed by atoms with Crippen molar-refractivity contribution in [3.05, 3.63) is 83.3 Å². The molecule has 1 amide bonds. The van der Waals surface area contributed by atoms with Crippen LogP contribution in [-0.4, -0.2) is 17.5 Å². The Morgan fingerprint density at radius 3 is 2.20 bits per heavy atom. The number of carbonyl (C=O) groups excluding carboxylic acids is 1. The highest BCUT2D eigenvalue weighted by atomic mass is 19.3. The van der Waals surface area contributed by atoms with E-state index in [1.165, 1.54) is 36.5 Å². The van der Waals surface area contributed by atoms with Crippen LogP contribution < -0.4 is 14.8 Å². The van der Waals surface area contributed by atoms with Crippen LogP contribution in [0.4, 0.5) is 22.0 Å². The molecule has 1 aromatic heterocycles. The van der Waals surface area contributed by atoms with E-state index in [1.54, 1.807) is 6.07 Å². The quantitative estimate of drug-likeness (QED) is 0.553. The summed E-state index contributed by atoms with van der Waals surface area (Å²) < 4.78 is 74.4. The summed E-state index contributed by atoms with van der Waals surface area (Å²) in [5.74, 6) is -4.34. The van der Waals surface area contributed by atoms with Gasteiger partial charge in [-0.1, -0.05) is 6.07 Å². The molecular weight excluding hydrogens is 411 g/mol. The second-order valence-electron chi connectivity index (χ2n) is 5.88. The van der Waals surface area contributed by atoms with E-state index in [0.29, 0.717) is 23.4 Å². The van der Waals surface area contributed by atoms with Gasteiger partial charge in [-0.3, -0.25) is 4.79 Å². The molecule has 0 aliphatic rings. The van der Waals surface area contributed by atoms with E-state index < -0.39 is 41.3 Å². The number of rotatable bonds is 7. The molecule has 0 aliphatic carbocycles. The first-order chi connectivity index (χ1) is 14.3. The highest BCUT2D eigenvalue weighted by molar-refractivity contribution is 5.94. The van der Waals surface area contributed by atoms with Crippen LogP contribution in [0.25, 0.3) is 0 Å². The number of nitrogens with one attached hydrogen (secondary N) is 1. The maximum Gasteiger partial charge on any atom is 0.387 e. The van der Waals surface area contributed by atoms with Gasteiger partial charge < -0.3 is 14.8 Å². The molecular formula is C20H13F5N2O3. The fraction of sp³-hybridized carbons (Fsp3) is 0.100. The molecule has 10 heteroatoms. The van der Waals surface area contributed by atoms with Crippen molar-refractivity contribution in [3.8, 4) is 17.4 Å². The van der Waals surface area contributed by atoms with Crippen molar-refractivity contribution in [3.63, 3.8) is 0 Å². The fourth-order valence-corrected chi connectivity index (χ4v) is 2.41. The lowest BCUT2D eigenvalue weighted by molar-refractivity contribution is -0.0501. The predicted octanol–water partition coefficient (Wildman–Crippen LogP) is 4.82. The van der Waals surface area contributed by atoms with Crippen LogP contribution in [0.2, 0.25) is 0 Å². The Hall–Kier alpha value is -3.69. The van der Waals surface area contributed by atoms with Gasteiger partial charge in [-0.15, -0.1) is 0 Å². The van der Waals surface area contributed by atoms with Crippen LogP contribution >= 0.6 is 0 Å². The van der Waals surface area contributed by atoms with E-state index in [2.05, 4.69) is 15.0 Å². The molecule has 2 aromatic carbocycles. The number of amides is 1. The minimum atomic E-state index is -3.26. The summed E-state index contributed by atoms with van der Waals surface area (Å²) in [5.41, 5.74) is -0.436. The Labute approximate surface area is 167 Å². The maximum absolute atomic E-state index is 13.9. The molecule has 30 heavy (non-hydrogen) atoms. The largest absolute Gasteiger partial charge is 0.439 e. The molecule has 0 fully saturated rings. The average molecular weight is 424 g/mol. The smallest absolute Gasteiger partial charge is 0.387 e. The number of nitrogens with zero attached hydrogens (tertiary/aromatic N) is 1. The van der Waals surface area contributed by atoms with Crippen molar-refractivity contribution < 1.29 is 36.2 Å². The zero-order chi connectivity index (χ0) is 21.7. The Morgan fingerprint density at radius 1 is 0.967 bits per heavy atom. The number of carbonyl (C=O) groups is 1. The molecule has 0 saturated heterocycles. The number of benzene rings is 2. The van der Waals surface area contributed by atoms with Gasteiger partial charge in [0.15, 0.2) is 0 Å². The third-order valence-electron chi connectivity index (χ3n) is 3.75. The topological polar surface area (TPSA) is 60.5 Å². The van der Waals surface area contributed by atoms with Gasteiger partial charge in [0.2, 0.25) is 5.88 Å². The number of hydrogen-bond donors (Lipinski definition) is 1. The third kappa shape index (κ3) is 5.43. The Kier molecular flexibility index (Phi) is 6.45. The summed E-state index contributed by atoms with van der Waals surface area (Å²) in [6.45, 7) is -3.37. The lowest BCUT2D eigenvalue weighted by atomic mass is 10.1. The van der Waals surface area contributed by atoms with Gasteiger partial charge in [0.1, 0.15) is 34.5 Å². The van der Waals surface area contributed by atoms with Crippen LogP contribution in [0.5, 0.6) is 17.4 Å². The summed E-state index contributed by atoms with van der Waals surface area (Å²) in [4.78, 5) is 16.1. The second kappa shape index (κ2) is 9.21. The van der Waals surface area contributed by atoms with E-state index in [1.807, 2.05) is 0 Å². The van der Waals surface area contributed by atoms with Crippen LogP contribution in [0.3, 0.4) is 0 Å². The fourth-order valence-electron chi connectivity index (χ4n) is 2.41. The van der Waals surface area contributed by atoms with E-state index in [-0.39, 0.29) is 12.4 Å². The Balaban J connectivity index is 1.61. The second-order valence-corrected chi connectivity index (χ2v) is 5.88. The van der Waals surface area contributed by atoms with Gasteiger partial charge in [-0.05, 0) is 29.8 Å². The molecule has 0 radical (unpaired) electrons. The predicted molar refractivity (Wildman–Crippen MR) is 94.9 cm³/mol. The van der Waals surface area contributed by atoms with E-state index in [9.17, 15) is 26.7 Å². The molecule has 1 heterocycles. The average Bonchev–Trinajstić information content (AvgIpc) is 2.68. The molecule has 5 nitrogen and oxygen atoms in total.